The second kappa shape index (κ2) is 11.4. The third-order valence-corrected chi connectivity index (χ3v) is 5.14. The van der Waals surface area contributed by atoms with Crippen molar-refractivity contribution >= 4 is 40.5 Å². The number of benzene rings is 3. The summed E-state index contributed by atoms with van der Waals surface area (Å²) >= 11 is 0. The molecule has 4 N–H and O–H groups in total. The van der Waals surface area contributed by atoms with E-state index in [1.54, 1.807) is 31.2 Å². The number of halogens is 3. The van der Waals surface area contributed by atoms with E-state index in [4.69, 9.17) is 0 Å². The van der Waals surface area contributed by atoms with E-state index in [1.807, 2.05) is 13.0 Å². The molecule has 36 heavy (non-hydrogen) atoms. The number of rotatable bonds is 8. The number of carbonyl (C=O) groups excluding carboxylic acids is 3. The molecule has 0 heterocycles. The number of hydrogen-bond acceptors (Lipinski definition) is 4. The van der Waals surface area contributed by atoms with Gasteiger partial charge in [-0.3, -0.25) is 14.4 Å². The predicted molar refractivity (Wildman–Crippen MR) is 133 cm³/mol. The summed E-state index contributed by atoms with van der Waals surface area (Å²) in [5.41, 5.74) is 1.80. The number of nitrogens with one attached hydrogen (secondary N) is 4. The fourth-order valence-corrected chi connectivity index (χ4v) is 3.21. The standard InChI is InChI=1S/C26H25F3N4O3/c1-3-23(34)33-22-14-19(11-10-16(22)2)30-15-24(35)31-20-8-4-6-17(12-20)25(36)32-21-9-5-7-18(13-21)26(27,28)29/h4-14,30H,3,15H2,1-2H3,(H,31,35)(H,32,36)(H,33,34). The minimum absolute atomic E-state index is 0.000979. The first kappa shape index (κ1) is 26.3. The molecular formula is C26H25F3N4O3. The van der Waals surface area contributed by atoms with Crippen molar-refractivity contribution in [3.05, 3.63) is 83.4 Å². The van der Waals surface area contributed by atoms with Crippen LogP contribution in [0.1, 0.15) is 34.8 Å². The van der Waals surface area contributed by atoms with E-state index >= 15 is 0 Å². The Bertz CT molecular complexity index is 1280. The molecule has 0 fully saturated rings. The lowest BCUT2D eigenvalue weighted by Gasteiger charge is -2.12. The van der Waals surface area contributed by atoms with Gasteiger partial charge in [-0.05, 0) is 61.0 Å². The van der Waals surface area contributed by atoms with Gasteiger partial charge >= 0.3 is 6.18 Å². The quantitative estimate of drug-likeness (QED) is 0.322. The molecule has 0 aliphatic carbocycles. The molecule has 10 heteroatoms. The molecule has 0 saturated carbocycles. The highest BCUT2D eigenvalue weighted by atomic mass is 19.4. The maximum Gasteiger partial charge on any atom is 0.416 e. The number of alkyl halides is 3. The Morgan fingerprint density at radius 1 is 0.778 bits per heavy atom. The van der Waals surface area contributed by atoms with E-state index in [0.717, 1.165) is 17.7 Å². The highest BCUT2D eigenvalue weighted by molar-refractivity contribution is 6.05. The Morgan fingerprint density at radius 3 is 2.17 bits per heavy atom. The number of hydrogen-bond donors (Lipinski definition) is 4. The molecule has 0 bridgehead atoms. The maximum absolute atomic E-state index is 12.9. The molecule has 0 aromatic heterocycles. The summed E-state index contributed by atoms with van der Waals surface area (Å²) in [6.07, 6.45) is -4.18. The van der Waals surface area contributed by atoms with Crippen molar-refractivity contribution in [3.63, 3.8) is 0 Å². The first-order chi connectivity index (χ1) is 17.0. The van der Waals surface area contributed by atoms with Crippen LogP contribution >= 0.6 is 0 Å². The molecule has 3 aromatic carbocycles. The van der Waals surface area contributed by atoms with Crippen molar-refractivity contribution in [2.75, 3.05) is 27.8 Å². The van der Waals surface area contributed by atoms with Gasteiger partial charge in [0.25, 0.3) is 5.91 Å². The van der Waals surface area contributed by atoms with Crippen molar-refractivity contribution < 1.29 is 27.6 Å². The first-order valence-corrected chi connectivity index (χ1v) is 11.1. The van der Waals surface area contributed by atoms with Crippen LogP contribution in [0.3, 0.4) is 0 Å². The van der Waals surface area contributed by atoms with E-state index < -0.39 is 17.6 Å². The molecular weight excluding hydrogens is 473 g/mol. The lowest BCUT2D eigenvalue weighted by Crippen LogP contribution is -2.22. The van der Waals surface area contributed by atoms with E-state index in [-0.39, 0.29) is 29.6 Å². The van der Waals surface area contributed by atoms with Gasteiger partial charge in [-0.2, -0.15) is 13.2 Å². The van der Waals surface area contributed by atoms with E-state index in [2.05, 4.69) is 21.3 Å². The Labute approximate surface area is 206 Å². The van der Waals surface area contributed by atoms with Crippen LogP contribution in [0, 0.1) is 6.92 Å². The second-order valence-electron chi connectivity index (χ2n) is 7.95. The first-order valence-electron chi connectivity index (χ1n) is 11.1. The second-order valence-corrected chi connectivity index (χ2v) is 7.95. The summed E-state index contributed by atoms with van der Waals surface area (Å²) in [6.45, 7) is 3.53. The zero-order chi connectivity index (χ0) is 26.3. The lowest BCUT2D eigenvalue weighted by atomic mass is 10.1. The minimum atomic E-state index is -4.53. The van der Waals surface area contributed by atoms with Gasteiger partial charge in [-0.25, -0.2) is 0 Å². The third kappa shape index (κ3) is 7.33. The van der Waals surface area contributed by atoms with Crippen LogP contribution in [0.4, 0.5) is 35.9 Å². The highest BCUT2D eigenvalue weighted by Gasteiger charge is 2.30. The summed E-state index contributed by atoms with van der Waals surface area (Å²) < 4.78 is 38.7. The van der Waals surface area contributed by atoms with Gasteiger partial charge in [0, 0.05) is 34.7 Å². The molecule has 0 atom stereocenters. The Morgan fingerprint density at radius 2 is 1.47 bits per heavy atom. The van der Waals surface area contributed by atoms with Crippen LogP contribution in [0.25, 0.3) is 0 Å². The third-order valence-electron chi connectivity index (χ3n) is 5.14. The van der Waals surface area contributed by atoms with Gasteiger partial charge in [0.15, 0.2) is 0 Å². The van der Waals surface area contributed by atoms with E-state index in [0.29, 0.717) is 23.5 Å². The Kier molecular flexibility index (Phi) is 8.31. The fraction of sp³-hybridized carbons (Fsp3) is 0.192. The van der Waals surface area contributed by atoms with Gasteiger partial charge in [0.1, 0.15) is 0 Å². The van der Waals surface area contributed by atoms with Crippen LogP contribution in [0.15, 0.2) is 66.7 Å². The van der Waals surface area contributed by atoms with Crippen LogP contribution in [-0.4, -0.2) is 24.3 Å². The van der Waals surface area contributed by atoms with Crippen LogP contribution < -0.4 is 21.3 Å². The van der Waals surface area contributed by atoms with Gasteiger partial charge < -0.3 is 21.3 Å². The zero-order valence-corrected chi connectivity index (χ0v) is 19.6. The van der Waals surface area contributed by atoms with E-state index in [9.17, 15) is 27.6 Å². The highest BCUT2D eigenvalue weighted by Crippen LogP contribution is 2.30. The maximum atomic E-state index is 12.9. The van der Waals surface area contributed by atoms with Gasteiger partial charge in [-0.1, -0.05) is 25.1 Å². The molecule has 0 spiro atoms. The molecule has 7 nitrogen and oxygen atoms in total. The predicted octanol–water partition coefficient (Wildman–Crippen LogP) is 5.67. The average Bonchev–Trinajstić information content (AvgIpc) is 2.84. The number of aryl methyl sites for hydroxylation is 1. The molecule has 3 aromatic rings. The summed E-state index contributed by atoms with van der Waals surface area (Å²) in [5, 5.41) is 10.9. The Balaban J connectivity index is 1.60. The largest absolute Gasteiger partial charge is 0.416 e. The molecule has 0 saturated heterocycles. The normalized spacial score (nSPS) is 10.9. The summed E-state index contributed by atoms with van der Waals surface area (Å²) in [5.74, 6) is -1.13. The lowest BCUT2D eigenvalue weighted by molar-refractivity contribution is -0.137. The van der Waals surface area contributed by atoms with Crippen molar-refractivity contribution in [3.8, 4) is 0 Å². The number of amides is 3. The van der Waals surface area contributed by atoms with Gasteiger partial charge in [0.05, 0.1) is 12.1 Å². The fourth-order valence-electron chi connectivity index (χ4n) is 3.21. The molecule has 0 unspecified atom stereocenters. The molecule has 0 aliphatic heterocycles. The summed E-state index contributed by atoms with van der Waals surface area (Å²) in [6, 6.07) is 15.7. The smallest absolute Gasteiger partial charge is 0.376 e. The van der Waals surface area contributed by atoms with Gasteiger partial charge in [-0.15, -0.1) is 0 Å². The molecule has 188 valence electrons. The summed E-state index contributed by atoms with van der Waals surface area (Å²) in [4.78, 5) is 36.6. The molecule has 3 amide bonds. The minimum Gasteiger partial charge on any atom is -0.376 e. The van der Waals surface area contributed by atoms with Crippen molar-refractivity contribution in [1.82, 2.24) is 0 Å². The molecule has 3 rings (SSSR count). The van der Waals surface area contributed by atoms with Crippen LogP contribution in [0.5, 0.6) is 0 Å². The zero-order valence-electron chi connectivity index (χ0n) is 19.6. The van der Waals surface area contributed by atoms with Crippen molar-refractivity contribution in [2.24, 2.45) is 0 Å². The van der Waals surface area contributed by atoms with E-state index in [1.165, 1.54) is 24.3 Å². The van der Waals surface area contributed by atoms with Gasteiger partial charge in [0.2, 0.25) is 11.8 Å². The monoisotopic (exact) mass is 498 g/mol. The molecule has 0 radical (unpaired) electrons. The van der Waals surface area contributed by atoms with Crippen LogP contribution in [-0.2, 0) is 15.8 Å². The van der Waals surface area contributed by atoms with Crippen LogP contribution in [0.2, 0.25) is 0 Å². The van der Waals surface area contributed by atoms with Crippen molar-refractivity contribution in [1.29, 1.82) is 0 Å². The number of anilines is 4. The number of carbonyl (C=O) groups is 3. The molecule has 0 aliphatic rings. The Hall–Kier alpha value is -4.34. The average molecular weight is 499 g/mol. The van der Waals surface area contributed by atoms with Crippen molar-refractivity contribution in [2.45, 2.75) is 26.4 Å². The summed E-state index contributed by atoms with van der Waals surface area (Å²) in [7, 11) is 0. The SMILES string of the molecule is CCC(=O)Nc1cc(NCC(=O)Nc2cccc(C(=O)Nc3cccc(C(F)(F)F)c3)c2)ccc1C. The topological polar surface area (TPSA) is 99.3 Å².